The van der Waals surface area contributed by atoms with E-state index in [-0.39, 0.29) is 30.3 Å². The first-order valence-electron chi connectivity index (χ1n) is 10.2. The number of hydrogen-bond donors (Lipinski definition) is 3. The molecule has 4 N–H and O–H groups in total. The molecular formula is C22H35N3O2. The van der Waals surface area contributed by atoms with E-state index in [9.17, 15) is 9.59 Å². The standard InChI is InChI=1S/C22H35N3O2/c1-15(2)19-10-9-16(3)11-20(19)22(27)24-14-18(25-21(26)13-23)12-17-7-5-4-6-8-17/h4-8,15-16,18-20H,9-14,23H2,1-3H3,(H,24,27)(H,25,26)/t16-,18+,19+,20-/m1/s1. The molecule has 5 nitrogen and oxygen atoms in total. The molecule has 1 saturated carbocycles. The van der Waals surface area contributed by atoms with Gasteiger partial charge in [-0.3, -0.25) is 9.59 Å². The molecule has 4 atom stereocenters. The quantitative estimate of drug-likeness (QED) is 0.654. The average Bonchev–Trinajstić information content (AvgIpc) is 2.66. The van der Waals surface area contributed by atoms with Crippen LogP contribution >= 0.6 is 0 Å². The van der Waals surface area contributed by atoms with Gasteiger partial charge >= 0.3 is 0 Å². The highest BCUT2D eigenvalue weighted by Crippen LogP contribution is 2.38. The lowest BCUT2D eigenvalue weighted by Crippen LogP contribution is -2.49. The fraction of sp³-hybridized carbons (Fsp3) is 0.636. The minimum Gasteiger partial charge on any atom is -0.354 e. The van der Waals surface area contributed by atoms with E-state index < -0.39 is 0 Å². The number of benzene rings is 1. The van der Waals surface area contributed by atoms with Gasteiger partial charge in [-0.1, -0.05) is 57.5 Å². The van der Waals surface area contributed by atoms with E-state index in [0.29, 0.717) is 30.7 Å². The Bertz CT molecular complexity index is 603. The minimum absolute atomic E-state index is 0.0468. The average molecular weight is 374 g/mol. The lowest BCUT2D eigenvalue weighted by Gasteiger charge is -2.36. The van der Waals surface area contributed by atoms with Gasteiger partial charge in [-0.25, -0.2) is 0 Å². The smallest absolute Gasteiger partial charge is 0.234 e. The van der Waals surface area contributed by atoms with Crippen molar-refractivity contribution in [3.63, 3.8) is 0 Å². The van der Waals surface area contributed by atoms with Crippen molar-refractivity contribution in [2.45, 2.75) is 52.5 Å². The summed E-state index contributed by atoms with van der Waals surface area (Å²) in [5.74, 6) is 1.53. The van der Waals surface area contributed by atoms with E-state index in [1.165, 1.54) is 6.42 Å². The number of carbonyl (C=O) groups is 2. The molecule has 150 valence electrons. The maximum absolute atomic E-state index is 12.9. The van der Waals surface area contributed by atoms with Gasteiger partial charge in [0.15, 0.2) is 0 Å². The van der Waals surface area contributed by atoms with Gasteiger partial charge in [0, 0.05) is 12.5 Å². The topological polar surface area (TPSA) is 84.2 Å². The molecule has 0 saturated heterocycles. The Kier molecular flexibility index (Phi) is 8.29. The second-order valence-electron chi connectivity index (χ2n) is 8.34. The van der Waals surface area contributed by atoms with Crippen molar-refractivity contribution in [1.82, 2.24) is 10.6 Å². The molecule has 1 aliphatic carbocycles. The summed E-state index contributed by atoms with van der Waals surface area (Å²) >= 11 is 0. The zero-order valence-corrected chi connectivity index (χ0v) is 16.9. The predicted octanol–water partition coefficient (Wildman–Crippen LogP) is 2.50. The van der Waals surface area contributed by atoms with E-state index in [1.54, 1.807) is 0 Å². The highest BCUT2D eigenvalue weighted by molar-refractivity contribution is 5.80. The maximum atomic E-state index is 12.9. The number of amides is 2. The third-order valence-electron chi connectivity index (χ3n) is 5.76. The van der Waals surface area contributed by atoms with Crippen LogP contribution in [-0.4, -0.2) is 30.9 Å². The van der Waals surface area contributed by atoms with Gasteiger partial charge < -0.3 is 16.4 Å². The van der Waals surface area contributed by atoms with Crippen LogP contribution in [0.15, 0.2) is 30.3 Å². The van der Waals surface area contributed by atoms with Gasteiger partial charge in [0.05, 0.1) is 12.6 Å². The van der Waals surface area contributed by atoms with Crippen LogP contribution in [0.5, 0.6) is 0 Å². The number of nitrogens with two attached hydrogens (primary N) is 1. The van der Waals surface area contributed by atoms with E-state index in [4.69, 9.17) is 5.73 Å². The molecule has 27 heavy (non-hydrogen) atoms. The lowest BCUT2D eigenvalue weighted by molar-refractivity contribution is -0.129. The van der Waals surface area contributed by atoms with E-state index >= 15 is 0 Å². The van der Waals surface area contributed by atoms with Gasteiger partial charge in [0.2, 0.25) is 11.8 Å². The first kappa shape index (κ1) is 21.4. The fourth-order valence-electron chi connectivity index (χ4n) is 4.22. The van der Waals surface area contributed by atoms with Crippen molar-refractivity contribution in [3.05, 3.63) is 35.9 Å². The van der Waals surface area contributed by atoms with E-state index in [2.05, 4.69) is 31.4 Å². The van der Waals surface area contributed by atoms with Crippen LogP contribution in [-0.2, 0) is 16.0 Å². The summed E-state index contributed by atoms with van der Waals surface area (Å²) in [7, 11) is 0. The van der Waals surface area contributed by atoms with Crippen LogP contribution < -0.4 is 16.4 Å². The Hall–Kier alpha value is -1.88. The number of nitrogens with one attached hydrogen (secondary N) is 2. The van der Waals surface area contributed by atoms with Crippen LogP contribution in [0.1, 0.15) is 45.6 Å². The summed E-state index contributed by atoms with van der Waals surface area (Å²) in [6.07, 6.45) is 3.94. The molecule has 5 heteroatoms. The molecule has 2 rings (SSSR count). The largest absolute Gasteiger partial charge is 0.354 e. The summed E-state index contributed by atoms with van der Waals surface area (Å²) in [6, 6.07) is 9.82. The molecule has 0 aliphatic heterocycles. The van der Waals surface area contributed by atoms with E-state index in [1.807, 2.05) is 30.3 Å². The van der Waals surface area contributed by atoms with Crippen molar-refractivity contribution >= 4 is 11.8 Å². The lowest BCUT2D eigenvalue weighted by atomic mass is 9.70. The molecule has 2 amide bonds. The fourth-order valence-corrected chi connectivity index (χ4v) is 4.22. The van der Waals surface area contributed by atoms with Crippen molar-refractivity contribution in [1.29, 1.82) is 0 Å². The highest BCUT2D eigenvalue weighted by atomic mass is 16.2. The van der Waals surface area contributed by atoms with Crippen LogP contribution in [0.25, 0.3) is 0 Å². The SMILES string of the molecule is CC(C)[C@@H]1CC[C@@H](C)C[C@H]1C(=O)NC[C@H](Cc1ccccc1)NC(=O)CN. The second-order valence-corrected chi connectivity index (χ2v) is 8.34. The first-order valence-corrected chi connectivity index (χ1v) is 10.2. The highest BCUT2D eigenvalue weighted by Gasteiger charge is 2.35. The molecule has 0 unspecified atom stereocenters. The molecule has 0 aromatic heterocycles. The van der Waals surface area contributed by atoms with Crippen molar-refractivity contribution in [2.24, 2.45) is 29.4 Å². The van der Waals surface area contributed by atoms with Crippen LogP contribution in [0.2, 0.25) is 0 Å². The molecule has 1 aromatic rings. The minimum atomic E-state index is -0.198. The number of carbonyl (C=O) groups excluding carboxylic acids is 2. The molecule has 0 heterocycles. The van der Waals surface area contributed by atoms with Gasteiger partial charge in [-0.2, -0.15) is 0 Å². The van der Waals surface area contributed by atoms with Crippen molar-refractivity contribution in [2.75, 3.05) is 13.1 Å². The third kappa shape index (κ3) is 6.65. The zero-order chi connectivity index (χ0) is 19.8. The molecular weight excluding hydrogens is 338 g/mol. The molecule has 1 fully saturated rings. The van der Waals surface area contributed by atoms with Crippen LogP contribution in [0.3, 0.4) is 0 Å². The monoisotopic (exact) mass is 373 g/mol. The molecule has 0 spiro atoms. The Morgan fingerprint density at radius 2 is 1.89 bits per heavy atom. The van der Waals surface area contributed by atoms with Gasteiger partial charge in [-0.05, 0) is 42.6 Å². The normalized spacial score (nSPS) is 23.7. The zero-order valence-electron chi connectivity index (χ0n) is 16.9. The number of hydrogen-bond acceptors (Lipinski definition) is 3. The Morgan fingerprint density at radius 3 is 2.52 bits per heavy atom. The van der Waals surface area contributed by atoms with Gasteiger partial charge in [0.25, 0.3) is 0 Å². The van der Waals surface area contributed by atoms with Crippen molar-refractivity contribution in [3.8, 4) is 0 Å². The maximum Gasteiger partial charge on any atom is 0.234 e. The summed E-state index contributed by atoms with van der Waals surface area (Å²) in [6.45, 7) is 7.03. The molecule has 0 radical (unpaired) electrons. The van der Waals surface area contributed by atoms with E-state index in [0.717, 1.165) is 18.4 Å². The van der Waals surface area contributed by atoms with Crippen LogP contribution in [0, 0.1) is 23.7 Å². The summed E-state index contributed by atoms with van der Waals surface area (Å²) in [5.41, 5.74) is 6.58. The van der Waals surface area contributed by atoms with Gasteiger partial charge in [0.1, 0.15) is 0 Å². The third-order valence-corrected chi connectivity index (χ3v) is 5.76. The molecule has 0 bridgehead atoms. The Labute approximate surface area is 163 Å². The second kappa shape index (κ2) is 10.5. The molecule has 1 aliphatic rings. The summed E-state index contributed by atoms with van der Waals surface area (Å²) < 4.78 is 0. The predicted molar refractivity (Wildman–Crippen MR) is 109 cm³/mol. The number of rotatable bonds is 8. The Morgan fingerprint density at radius 1 is 1.19 bits per heavy atom. The molecule has 1 aromatic carbocycles. The van der Waals surface area contributed by atoms with Crippen molar-refractivity contribution < 1.29 is 9.59 Å². The van der Waals surface area contributed by atoms with Crippen LogP contribution in [0.4, 0.5) is 0 Å². The summed E-state index contributed by atoms with van der Waals surface area (Å²) in [4.78, 5) is 24.7. The first-order chi connectivity index (χ1) is 12.9. The summed E-state index contributed by atoms with van der Waals surface area (Å²) in [5, 5.41) is 6.05. The Balaban J connectivity index is 1.99. The van der Waals surface area contributed by atoms with Gasteiger partial charge in [-0.15, -0.1) is 0 Å².